The maximum absolute atomic E-state index is 13.2. The Labute approximate surface area is 144 Å². The van der Waals surface area contributed by atoms with Crippen molar-refractivity contribution in [1.82, 2.24) is 10.2 Å². The Morgan fingerprint density at radius 3 is 2.91 bits per heavy atom. The Kier molecular flexibility index (Phi) is 6.42. The maximum atomic E-state index is 13.2. The van der Waals surface area contributed by atoms with E-state index in [1.54, 1.807) is 12.1 Å². The van der Waals surface area contributed by atoms with Gasteiger partial charge in [0.15, 0.2) is 0 Å². The molecule has 0 radical (unpaired) electrons. The number of carbonyl (C=O) groups excluding carboxylic acids is 1. The fourth-order valence-electron chi connectivity index (χ4n) is 3.65. The third-order valence-corrected chi connectivity index (χ3v) is 5.01. The molecule has 1 N–H and O–H groups in total. The van der Waals surface area contributed by atoms with Gasteiger partial charge in [0.2, 0.25) is 5.91 Å². The van der Waals surface area contributed by atoms with Gasteiger partial charge in [-0.15, -0.1) is 12.4 Å². The van der Waals surface area contributed by atoms with E-state index in [0.29, 0.717) is 12.1 Å². The average Bonchev–Trinajstić information content (AvgIpc) is 2.83. The van der Waals surface area contributed by atoms with Crippen molar-refractivity contribution in [3.05, 3.63) is 35.6 Å². The quantitative estimate of drug-likeness (QED) is 0.913. The van der Waals surface area contributed by atoms with E-state index >= 15 is 0 Å². The lowest BCUT2D eigenvalue weighted by atomic mass is 9.99. The number of amides is 1. The van der Waals surface area contributed by atoms with Crippen LogP contribution in [0.5, 0.6) is 0 Å². The highest BCUT2D eigenvalue weighted by Gasteiger charge is 2.32. The Hall–Kier alpha value is -1.13. The predicted molar refractivity (Wildman–Crippen MR) is 92.3 cm³/mol. The fraction of sp³-hybridized carbons (Fsp3) is 0.611. The summed E-state index contributed by atoms with van der Waals surface area (Å²) in [6, 6.07) is 7.75. The molecule has 3 atom stereocenters. The Balaban J connectivity index is 0.00000192. The van der Waals surface area contributed by atoms with Gasteiger partial charge in [0.25, 0.3) is 0 Å². The van der Waals surface area contributed by atoms with E-state index in [-0.39, 0.29) is 30.0 Å². The fourth-order valence-corrected chi connectivity index (χ4v) is 3.65. The second kappa shape index (κ2) is 8.11. The number of aryl methyl sites for hydroxylation is 1. The summed E-state index contributed by atoms with van der Waals surface area (Å²) in [6.07, 6.45) is 5.04. The van der Waals surface area contributed by atoms with Gasteiger partial charge in [0.05, 0.1) is 0 Å². The van der Waals surface area contributed by atoms with Crippen LogP contribution >= 0.6 is 12.4 Å². The summed E-state index contributed by atoms with van der Waals surface area (Å²) >= 11 is 0. The number of fused-ring (bicyclic) bond motifs is 2. The number of rotatable bonds is 4. The average molecular weight is 341 g/mol. The molecule has 2 heterocycles. The minimum Gasteiger partial charge on any atom is -0.341 e. The van der Waals surface area contributed by atoms with Gasteiger partial charge >= 0.3 is 0 Å². The number of carbonyl (C=O) groups is 1. The van der Waals surface area contributed by atoms with Crippen molar-refractivity contribution in [3.8, 4) is 0 Å². The minimum absolute atomic E-state index is 0. The van der Waals surface area contributed by atoms with Crippen LogP contribution in [0.1, 0.15) is 38.2 Å². The van der Waals surface area contributed by atoms with E-state index in [9.17, 15) is 9.18 Å². The first kappa shape index (κ1) is 18.2. The number of hydrogen-bond donors (Lipinski definition) is 1. The van der Waals surface area contributed by atoms with Crippen LogP contribution in [0.25, 0.3) is 0 Å². The van der Waals surface area contributed by atoms with Gasteiger partial charge in [0, 0.05) is 31.1 Å². The van der Waals surface area contributed by atoms with E-state index in [1.165, 1.54) is 18.9 Å². The third kappa shape index (κ3) is 4.67. The van der Waals surface area contributed by atoms with Gasteiger partial charge in [-0.05, 0) is 49.8 Å². The monoisotopic (exact) mass is 340 g/mol. The summed E-state index contributed by atoms with van der Waals surface area (Å²) in [5, 5.41) is 3.61. The maximum Gasteiger partial charge on any atom is 0.225 e. The van der Waals surface area contributed by atoms with E-state index in [4.69, 9.17) is 0 Å². The number of hydrogen-bond acceptors (Lipinski definition) is 2. The van der Waals surface area contributed by atoms with Crippen molar-refractivity contribution in [1.29, 1.82) is 0 Å². The summed E-state index contributed by atoms with van der Waals surface area (Å²) in [5.41, 5.74) is 0.969. The number of likely N-dealkylation sites (tertiary alicyclic amines) is 1. The molecule has 0 aromatic heterocycles. The van der Waals surface area contributed by atoms with E-state index in [2.05, 4.69) is 5.32 Å². The highest BCUT2D eigenvalue weighted by atomic mass is 35.5. The van der Waals surface area contributed by atoms with Gasteiger partial charge in [-0.2, -0.15) is 0 Å². The zero-order valence-electron chi connectivity index (χ0n) is 13.6. The first-order valence-corrected chi connectivity index (χ1v) is 8.41. The van der Waals surface area contributed by atoms with Crippen molar-refractivity contribution in [2.24, 2.45) is 5.92 Å². The Morgan fingerprint density at radius 2 is 2.13 bits per heavy atom. The highest BCUT2D eigenvalue weighted by molar-refractivity contribution is 5.85. The topological polar surface area (TPSA) is 32.3 Å². The smallest absolute Gasteiger partial charge is 0.225 e. The molecule has 0 spiro atoms. The summed E-state index contributed by atoms with van der Waals surface area (Å²) in [7, 11) is 0. The molecule has 1 amide bonds. The molecule has 3 nitrogen and oxygen atoms in total. The molecule has 1 aromatic rings. The molecule has 128 valence electrons. The van der Waals surface area contributed by atoms with Crippen molar-refractivity contribution in [2.75, 3.05) is 13.1 Å². The van der Waals surface area contributed by atoms with Crippen molar-refractivity contribution in [3.63, 3.8) is 0 Å². The van der Waals surface area contributed by atoms with Crippen molar-refractivity contribution in [2.45, 2.75) is 51.1 Å². The first-order chi connectivity index (χ1) is 10.6. The number of nitrogens with one attached hydrogen (secondary N) is 1. The predicted octanol–water partition coefficient (Wildman–Crippen LogP) is 3.17. The van der Waals surface area contributed by atoms with Gasteiger partial charge in [-0.25, -0.2) is 4.39 Å². The van der Waals surface area contributed by atoms with Crippen LogP contribution in [0, 0.1) is 11.7 Å². The zero-order chi connectivity index (χ0) is 15.5. The van der Waals surface area contributed by atoms with Crippen LogP contribution in [-0.4, -0.2) is 36.0 Å². The second-order valence-electron chi connectivity index (χ2n) is 6.78. The molecule has 3 rings (SSSR count). The lowest BCUT2D eigenvalue weighted by Crippen LogP contribution is -2.41. The van der Waals surface area contributed by atoms with Crippen molar-refractivity contribution < 1.29 is 9.18 Å². The molecule has 2 aliphatic heterocycles. The molecule has 5 heteroatoms. The summed E-state index contributed by atoms with van der Waals surface area (Å²) in [4.78, 5) is 14.7. The largest absolute Gasteiger partial charge is 0.341 e. The van der Waals surface area contributed by atoms with Crippen LogP contribution < -0.4 is 5.32 Å². The standard InChI is InChI=1S/C18H25FN2O.ClH/c1-13(5-6-14-3-2-4-15(19)11-14)18(22)21-10-9-16-7-8-17(12-21)20-16;/h2-4,11,13,16-17,20H,5-10,12H2,1H3;1H. The lowest BCUT2D eigenvalue weighted by Gasteiger charge is -2.27. The Bertz CT molecular complexity index is 540. The molecule has 2 aliphatic rings. The molecule has 0 saturated carbocycles. The molecule has 1 aromatic carbocycles. The lowest BCUT2D eigenvalue weighted by molar-refractivity contribution is -0.135. The molecule has 2 fully saturated rings. The van der Waals surface area contributed by atoms with Crippen LogP contribution in [0.2, 0.25) is 0 Å². The molecule has 3 unspecified atom stereocenters. The SMILES string of the molecule is CC(CCc1cccc(F)c1)C(=O)N1CCC2CCC(C1)N2.Cl. The van der Waals surface area contributed by atoms with Gasteiger partial charge in [-0.1, -0.05) is 19.1 Å². The zero-order valence-corrected chi connectivity index (χ0v) is 14.4. The van der Waals surface area contributed by atoms with Crippen molar-refractivity contribution >= 4 is 18.3 Å². The number of halogens is 2. The van der Waals surface area contributed by atoms with Crippen LogP contribution in [-0.2, 0) is 11.2 Å². The van der Waals surface area contributed by atoms with Crippen LogP contribution in [0.15, 0.2) is 24.3 Å². The minimum atomic E-state index is -0.203. The van der Waals surface area contributed by atoms with Gasteiger partial charge < -0.3 is 10.2 Å². The van der Waals surface area contributed by atoms with Gasteiger partial charge in [-0.3, -0.25) is 4.79 Å². The van der Waals surface area contributed by atoms with Gasteiger partial charge in [0.1, 0.15) is 5.82 Å². The Morgan fingerprint density at radius 1 is 1.35 bits per heavy atom. The highest BCUT2D eigenvalue weighted by Crippen LogP contribution is 2.22. The molecule has 23 heavy (non-hydrogen) atoms. The van der Waals surface area contributed by atoms with E-state index in [1.807, 2.05) is 17.9 Å². The molecular weight excluding hydrogens is 315 g/mol. The van der Waals surface area contributed by atoms with Crippen LogP contribution in [0.4, 0.5) is 4.39 Å². The summed E-state index contributed by atoms with van der Waals surface area (Å²) < 4.78 is 13.2. The molecular formula is C18H26ClFN2O. The van der Waals surface area contributed by atoms with E-state index in [0.717, 1.165) is 37.9 Å². The van der Waals surface area contributed by atoms with Crippen LogP contribution in [0.3, 0.4) is 0 Å². The summed E-state index contributed by atoms with van der Waals surface area (Å²) in [5.74, 6) is 0.0525. The van der Waals surface area contributed by atoms with E-state index < -0.39 is 0 Å². The summed E-state index contributed by atoms with van der Waals surface area (Å²) in [6.45, 7) is 3.72. The normalized spacial score (nSPS) is 24.7. The molecule has 0 aliphatic carbocycles. The third-order valence-electron chi connectivity index (χ3n) is 5.01. The second-order valence-corrected chi connectivity index (χ2v) is 6.78. The molecule has 2 saturated heterocycles. The first-order valence-electron chi connectivity index (χ1n) is 8.41. The number of benzene rings is 1. The number of nitrogens with zero attached hydrogens (tertiary/aromatic N) is 1. The molecule has 2 bridgehead atoms.